The van der Waals surface area contributed by atoms with Crippen molar-refractivity contribution < 1.29 is 4.74 Å². The average molecular weight is 305 g/mol. The third-order valence-corrected chi connectivity index (χ3v) is 3.62. The molecule has 102 valence electrons. The number of aromatic amines is 1. The number of nitrogens with zero attached hydrogens (tertiary/aromatic N) is 1. The molecule has 5 heteroatoms. The Hall–Kier alpha value is -1.78. The normalized spacial score (nSPS) is 10.8. The molecule has 1 heterocycles. The quantitative estimate of drug-likeness (QED) is 0.723. The summed E-state index contributed by atoms with van der Waals surface area (Å²) in [6.45, 7) is 1.23. The summed E-state index contributed by atoms with van der Waals surface area (Å²) in [5.74, 6) is 0.767. The van der Waals surface area contributed by atoms with Crippen molar-refractivity contribution in [2.24, 2.45) is 0 Å². The van der Waals surface area contributed by atoms with E-state index in [1.807, 2.05) is 47.0 Å². The van der Waals surface area contributed by atoms with Crippen LogP contribution in [0.15, 0.2) is 48.5 Å². The first-order valence-electron chi connectivity index (χ1n) is 6.30. The zero-order valence-electron chi connectivity index (χ0n) is 10.7. The molecule has 0 atom stereocenters. The maximum absolute atomic E-state index is 5.92. The van der Waals surface area contributed by atoms with Crippen molar-refractivity contribution in [2.75, 3.05) is 6.61 Å². The molecule has 0 aliphatic carbocycles. The van der Waals surface area contributed by atoms with E-state index in [9.17, 15) is 0 Å². The number of benzene rings is 2. The second-order valence-electron chi connectivity index (χ2n) is 4.40. The van der Waals surface area contributed by atoms with Gasteiger partial charge in [0.1, 0.15) is 12.4 Å². The minimum atomic E-state index is 0.538. The van der Waals surface area contributed by atoms with Crippen LogP contribution in [0, 0.1) is 4.77 Å². The SMILES string of the molecule is S=c1[nH]c2ccccc2n1CCOc1cccc(Cl)c1. The predicted octanol–water partition coefficient (Wildman–Crippen LogP) is 4.43. The zero-order chi connectivity index (χ0) is 13.9. The molecule has 0 fully saturated rings. The number of rotatable bonds is 4. The molecule has 0 saturated carbocycles. The summed E-state index contributed by atoms with van der Waals surface area (Å²) in [7, 11) is 0. The van der Waals surface area contributed by atoms with Crippen molar-refractivity contribution in [3.63, 3.8) is 0 Å². The molecule has 0 aliphatic heterocycles. The van der Waals surface area contributed by atoms with E-state index in [-0.39, 0.29) is 0 Å². The number of para-hydroxylation sites is 2. The van der Waals surface area contributed by atoms with Gasteiger partial charge in [-0.1, -0.05) is 29.8 Å². The smallest absolute Gasteiger partial charge is 0.178 e. The largest absolute Gasteiger partial charge is 0.492 e. The fourth-order valence-electron chi connectivity index (χ4n) is 2.14. The Kier molecular flexibility index (Phi) is 3.76. The van der Waals surface area contributed by atoms with Crippen LogP contribution in [0.3, 0.4) is 0 Å². The molecule has 0 bridgehead atoms. The van der Waals surface area contributed by atoms with Crippen LogP contribution in [0.2, 0.25) is 5.02 Å². The van der Waals surface area contributed by atoms with Gasteiger partial charge in [0.2, 0.25) is 0 Å². The highest BCUT2D eigenvalue weighted by atomic mass is 35.5. The Labute approximate surface area is 126 Å². The monoisotopic (exact) mass is 304 g/mol. The highest BCUT2D eigenvalue weighted by Gasteiger charge is 2.03. The van der Waals surface area contributed by atoms with Crippen LogP contribution in [0.25, 0.3) is 11.0 Å². The number of hydrogen-bond donors (Lipinski definition) is 1. The van der Waals surface area contributed by atoms with Gasteiger partial charge in [-0.2, -0.15) is 0 Å². The molecule has 2 aromatic carbocycles. The summed E-state index contributed by atoms with van der Waals surface area (Å²) in [6.07, 6.45) is 0. The summed E-state index contributed by atoms with van der Waals surface area (Å²) >= 11 is 11.3. The Balaban J connectivity index is 1.74. The van der Waals surface area contributed by atoms with Gasteiger partial charge < -0.3 is 14.3 Å². The van der Waals surface area contributed by atoms with Gasteiger partial charge in [0.25, 0.3) is 0 Å². The fraction of sp³-hybridized carbons (Fsp3) is 0.133. The lowest BCUT2D eigenvalue weighted by atomic mass is 10.3. The van der Waals surface area contributed by atoms with E-state index in [2.05, 4.69) is 4.98 Å². The second-order valence-corrected chi connectivity index (χ2v) is 5.23. The Bertz CT molecular complexity index is 794. The van der Waals surface area contributed by atoms with Crippen molar-refractivity contribution in [3.8, 4) is 5.75 Å². The molecule has 0 amide bonds. The minimum absolute atomic E-state index is 0.538. The maximum Gasteiger partial charge on any atom is 0.178 e. The van der Waals surface area contributed by atoms with Crippen molar-refractivity contribution in [2.45, 2.75) is 6.54 Å². The predicted molar refractivity (Wildman–Crippen MR) is 84.1 cm³/mol. The standard InChI is InChI=1S/C15H13ClN2OS/c16-11-4-3-5-12(10-11)19-9-8-18-14-7-2-1-6-13(14)17-15(18)20/h1-7,10H,8-9H2,(H,17,20). The molecular weight excluding hydrogens is 292 g/mol. The summed E-state index contributed by atoms with van der Waals surface area (Å²) in [5, 5.41) is 0.672. The highest BCUT2D eigenvalue weighted by molar-refractivity contribution is 7.71. The van der Waals surface area contributed by atoms with Gasteiger partial charge in [0.05, 0.1) is 17.6 Å². The Morgan fingerprint density at radius 3 is 2.85 bits per heavy atom. The summed E-state index contributed by atoms with van der Waals surface area (Å²) in [4.78, 5) is 3.19. The average Bonchev–Trinajstić information content (AvgIpc) is 2.75. The molecule has 0 saturated heterocycles. The second kappa shape index (κ2) is 5.69. The van der Waals surface area contributed by atoms with E-state index in [1.54, 1.807) is 6.07 Å². The van der Waals surface area contributed by atoms with E-state index < -0.39 is 0 Å². The number of H-pyrrole nitrogens is 1. The Morgan fingerprint density at radius 1 is 1.15 bits per heavy atom. The topological polar surface area (TPSA) is 29.9 Å². The molecule has 3 nitrogen and oxygen atoms in total. The zero-order valence-corrected chi connectivity index (χ0v) is 12.2. The van der Waals surface area contributed by atoms with Crippen LogP contribution in [0.1, 0.15) is 0 Å². The lowest BCUT2D eigenvalue weighted by Crippen LogP contribution is -2.08. The fourth-order valence-corrected chi connectivity index (χ4v) is 2.62. The van der Waals surface area contributed by atoms with Crippen LogP contribution < -0.4 is 4.74 Å². The minimum Gasteiger partial charge on any atom is -0.492 e. The molecule has 0 aliphatic rings. The number of fused-ring (bicyclic) bond motifs is 1. The molecule has 0 radical (unpaired) electrons. The van der Waals surface area contributed by atoms with Gasteiger partial charge in [0, 0.05) is 5.02 Å². The van der Waals surface area contributed by atoms with Gasteiger partial charge in [-0.25, -0.2) is 0 Å². The number of ether oxygens (including phenoxy) is 1. The molecule has 1 N–H and O–H groups in total. The van der Waals surface area contributed by atoms with Crippen molar-refractivity contribution in [1.29, 1.82) is 0 Å². The lowest BCUT2D eigenvalue weighted by Gasteiger charge is -2.08. The first-order valence-corrected chi connectivity index (χ1v) is 7.08. The van der Waals surface area contributed by atoms with Crippen molar-refractivity contribution >= 4 is 34.9 Å². The van der Waals surface area contributed by atoms with Gasteiger partial charge in [-0.05, 0) is 42.5 Å². The number of nitrogens with one attached hydrogen (secondary N) is 1. The highest BCUT2D eigenvalue weighted by Crippen LogP contribution is 2.18. The molecule has 1 aromatic heterocycles. The maximum atomic E-state index is 5.92. The third kappa shape index (κ3) is 2.71. The lowest BCUT2D eigenvalue weighted by molar-refractivity contribution is 0.299. The van der Waals surface area contributed by atoms with Crippen molar-refractivity contribution in [3.05, 3.63) is 58.3 Å². The molecule has 0 spiro atoms. The van der Waals surface area contributed by atoms with Gasteiger partial charge in [0.15, 0.2) is 4.77 Å². The van der Waals surface area contributed by atoms with E-state index in [1.165, 1.54) is 0 Å². The Morgan fingerprint density at radius 2 is 2.00 bits per heavy atom. The third-order valence-electron chi connectivity index (χ3n) is 3.06. The van der Waals surface area contributed by atoms with Crippen LogP contribution in [-0.2, 0) is 6.54 Å². The summed E-state index contributed by atoms with van der Waals surface area (Å²) in [5.41, 5.74) is 2.13. The first-order chi connectivity index (χ1) is 9.74. The van der Waals surface area contributed by atoms with Gasteiger partial charge in [-0.15, -0.1) is 0 Å². The number of halogens is 1. The van der Waals surface area contributed by atoms with E-state index >= 15 is 0 Å². The number of imidazole rings is 1. The molecule has 20 heavy (non-hydrogen) atoms. The van der Waals surface area contributed by atoms with Crippen LogP contribution >= 0.6 is 23.8 Å². The van der Waals surface area contributed by atoms with Crippen LogP contribution in [0.5, 0.6) is 5.75 Å². The first kappa shape index (κ1) is 13.2. The molecule has 3 aromatic rings. The van der Waals surface area contributed by atoms with Gasteiger partial charge >= 0.3 is 0 Å². The number of aromatic nitrogens is 2. The van der Waals surface area contributed by atoms with E-state index in [4.69, 9.17) is 28.6 Å². The van der Waals surface area contributed by atoms with Gasteiger partial charge in [-0.3, -0.25) is 0 Å². The summed E-state index contributed by atoms with van der Waals surface area (Å²) < 4.78 is 8.44. The summed E-state index contributed by atoms with van der Waals surface area (Å²) in [6, 6.07) is 15.4. The van der Waals surface area contributed by atoms with E-state index in [0.29, 0.717) is 22.9 Å². The molecular formula is C15H13ClN2OS. The van der Waals surface area contributed by atoms with E-state index in [0.717, 1.165) is 16.8 Å². The molecule has 0 unspecified atom stereocenters. The van der Waals surface area contributed by atoms with Crippen LogP contribution in [0.4, 0.5) is 0 Å². The number of hydrogen-bond acceptors (Lipinski definition) is 2. The van der Waals surface area contributed by atoms with Crippen LogP contribution in [-0.4, -0.2) is 16.2 Å². The molecule has 3 rings (SSSR count). The van der Waals surface area contributed by atoms with Crippen molar-refractivity contribution in [1.82, 2.24) is 9.55 Å².